The van der Waals surface area contributed by atoms with Crippen LogP contribution in [-0.2, 0) is 0 Å². The zero-order valence-corrected chi connectivity index (χ0v) is 15.4. The maximum atomic E-state index is 8.51. The first-order valence-corrected chi connectivity index (χ1v) is 8.97. The minimum absolute atomic E-state index is 0.334. The topological polar surface area (TPSA) is 72.0 Å². The van der Waals surface area contributed by atoms with Crippen molar-refractivity contribution in [1.29, 1.82) is 5.41 Å². The van der Waals surface area contributed by atoms with Crippen LogP contribution in [0.1, 0.15) is 33.1 Å². The summed E-state index contributed by atoms with van der Waals surface area (Å²) in [6.07, 6.45) is 7.39. The van der Waals surface area contributed by atoms with Crippen LogP contribution < -0.4 is 21.0 Å². The van der Waals surface area contributed by atoms with E-state index in [2.05, 4.69) is 63.0 Å². The lowest BCUT2D eigenvalue weighted by Gasteiger charge is -2.23. The van der Waals surface area contributed by atoms with Crippen molar-refractivity contribution in [2.24, 2.45) is 0 Å². The van der Waals surface area contributed by atoms with Crippen LogP contribution in [0.4, 0.5) is 0 Å². The van der Waals surface area contributed by atoms with E-state index in [1.165, 1.54) is 0 Å². The lowest BCUT2D eigenvalue weighted by molar-refractivity contribution is 0.576. The predicted octanol–water partition coefficient (Wildman–Crippen LogP) is 1.82. The number of allylic oxidation sites excluding steroid dienone is 4. The van der Waals surface area contributed by atoms with Gasteiger partial charge in [-0.15, -0.1) is 0 Å². The van der Waals surface area contributed by atoms with Crippen molar-refractivity contribution in [2.75, 3.05) is 13.1 Å². The SMILES string of the molecule is C=C(NC1CNC(CNP)C1)C(=N)C1=CCCC=C1NC(C)C. The van der Waals surface area contributed by atoms with E-state index in [9.17, 15) is 0 Å². The van der Waals surface area contributed by atoms with Crippen molar-refractivity contribution in [3.63, 3.8) is 0 Å². The Morgan fingerprint density at radius 3 is 2.87 bits per heavy atom. The zero-order chi connectivity index (χ0) is 16.8. The van der Waals surface area contributed by atoms with Gasteiger partial charge in [0.25, 0.3) is 0 Å². The summed E-state index contributed by atoms with van der Waals surface area (Å²) in [5.74, 6) is 0. The van der Waals surface area contributed by atoms with Crippen molar-refractivity contribution in [2.45, 2.75) is 51.2 Å². The van der Waals surface area contributed by atoms with E-state index in [4.69, 9.17) is 5.41 Å². The summed E-state index contributed by atoms with van der Waals surface area (Å²) in [5.41, 5.74) is 3.24. The fraction of sp³-hybridized carbons (Fsp3) is 0.588. The molecule has 6 heteroatoms. The van der Waals surface area contributed by atoms with Gasteiger partial charge in [-0.2, -0.15) is 0 Å². The van der Waals surface area contributed by atoms with Crippen LogP contribution in [0.5, 0.6) is 0 Å². The van der Waals surface area contributed by atoms with Gasteiger partial charge in [-0.05, 0) is 33.1 Å². The van der Waals surface area contributed by atoms with Gasteiger partial charge in [0.05, 0.1) is 11.4 Å². The number of nitrogens with one attached hydrogen (secondary N) is 5. The molecule has 2 rings (SSSR count). The molecular formula is C17H30N5P. The maximum absolute atomic E-state index is 8.51. The van der Waals surface area contributed by atoms with Crippen LogP contribution in [0, 0.1) is 5.41 Å². The average molecular weight is 335 g/mol. The van der Waals surface area contributed by atoms with Crippen LogP contribution >= 0.6 is 9.39 Å². The fourth-order valence-corrected chi connectivity index (χ4v) is 3.35. The van der Waals surface area contributed by atoms with Gasteiger partial charge in [-0.25, -0.2) is 0 Å². The summed E-state index contributed by atoms with van der Waals surface area (Å²) in [4.78, 5) is 0. The van der Waals surface area contributed by atoms with Gasteiger partial charge in [-0.1, -0.05) is 28.1 Å². The average Bonchev–Trinajstić information content (AvgIpc) is 2.94. The van der Waals surface area contributed by atoms with Gasteiger partial charge in [0.15, 0.2) is 0 Å². The standard InChI is InChI=1S/C17H30N5P/c1-11(2)21-16-7-5-4-6-15(16)17(18)12(3)22-14-8-13(10-20-23)19-9-14/h6-7,11,13-14,18-22H,3-5,8-10,23H2,1-2H3. The molecule has 1 aliphatic carbocycles. The van der Waals surface area contributed by atoms with Crippen molar-refractivity contribution < 1.29 is 0 Å². The van der Waals surface area contributed by atoms with Crippen molar-refractivity contribution in [3.05, 3.63) is 35.7 Å². The first-order valence-electron chi connectivity index (χ1n) is 8.40. The molecule has 0 radical (unpaired) electrons. The summed E-state index contributed by atoms with van der Waals surface area (Å²) in [7, 11) is 2.54. The molecule has 0 bridgehead atoms. The quantitative estimate of drug-likeness (QED) is 0.347. The van der Waals surface area contributed by atoms with Gasteiger partial charge in [-0.3, -0.25) is 10.5 Å². The first-order chi connectivity index (χ1) is 11.0. The second kappa shape index (κ2) is 8.62. The molecule has 1 saturated heterocycles. The number of hydrogen-bond donors (Lipinski definition) is 5. The summed E-state index contributed by atoms with van der Waals surface area (Å²) in [5, 5.41) is 22.0. The van der Waals surface area contributed by atoms with Crippen molar-refractivity contribution in [3.8, 4) is 0 Å². The van der Waals surface area contributed by atoms with E-state index < -0.39 is 0 Å². The molecule has 0 aromatic rings. The summed E-state index contributed by atoms with van der Waals surface area (Å²) in [6.45, 7) is 10.2. The van der Waals surface area contributed by atoms with Gasteiger partial charge in [0.2, 0.25) is 0 Å². The highest BCUT2D eigenvalue weighted by atomic mass is 31.0. The van der Waals surface area contributed by atoms with Crippen LogP contribution in [-0.4, -0.2) is 36.9 Å². The molecule has 0 saturated carbocycles. The second-order valence-corrected chi connectivity index (χ2v) is 6.96. The lowest BCUT2D eigenvalue weighted by atomic mass is 9.96. The van der Waals surface area contributed by atoms with Gasteiger partial charge >= 0.3 is 0 Å². The largest absolute Gasteiger partial charge is 0.383 e. The molecule has 23 heavy (non-hydrogen) atoms. The molecule has 1 heterocycles. The van der Waals surface area contributed by atoms with E-state index >= 15 is 0 Å². The molecule has 3 atom stereocenters. The minimum Gasteiger partial charge on any atom is -0.383 e. The number of rotatable bonds is 8. The molecule has 1 fully saturated rings. The molecule has 0 spiro atoms. The monoisotopic (exact) mass is 335 g/mol. The van der Waals surface area contributed by atoms with Gasteiger partial charge in [0.1, 0.15) is 0 Å². The summed E-state index contributed by atoms with van der Waals surface area (Å²) >= 11 is 0. The molecule has 3 unspecified atom stereocenters. The highest BCUT2D eigenvalue weighted by molar-refractivity contribution is 7.13. The smallest absolute Gasteiger partial charge is 0.0854 e. The third kappa shape index (κ3) is 5.17. The van der Waals surface area contributed by atoms with Gasteiger partial charge in [0, 0.05) is 42.5 Å². The first kappa shape index (κ1) is 18.2. The highest BCUT2D eigenvalue weighted by Crippen LogP contribution is 2.21. The Balaban J connectivity index is 1.93. The van der Waals surface area contributed by atoms with E-state index in [0.29, 0.717) is 29.5 Å². The van der Waals surface area contributed by atoms with Gasteiger partial charge < -0.3 is 16.0 Å². The van der Waals surface area contributed by atoms with E-state index in [0.717, 1.165) is 43.6 Å². The zero-order valence-electron chi connectivity index (χ0n) is 14.2. The van der Waals surface area contributed by atoms with E-state index in [1.807, 2.05) is 0 Å². The second-order valence-electron chi connectivity index (χ2n) is 6.56. The molecule has 128 valence electrons. The predicted molar refractivity (Wildman–Crippen MR) is 102 cm³/mol. The molecule has 0 amide bonds. The molecule has 0 aromatic carbocycles. The van der Waals surface area contributed by atoms with Crippen molar-refractivity contribution >= 4 is 15.1 Å². The van der Waals surface area contributed by atoms with Crippen LogP contribution in [0.25, 0.3) is 0 Å². The molecular weight excluding hydrogens is 305 g/mol. The molecule has 2 aliphatic rings. The molecule has 5 N–H and O–H groups in total. The number of hydrogen-bond acceptors (Lipinski definition) is 5. The Kier molecular flexibility index (Phi) is 6.82. The lowest BCUT2D eigenvalue weighted by Crippen LogP contribution is -2.34. The normalized spacial score (nSPS) is 24.2. The Labute approximate surface area is 142 Å². The highest BCUT2D eigenvalue weighted by Gasteiger charge is 2.25. The Morgan fingerprint density at radius 2 is 2.17 bits per heavy atom. The minimum atomic E-state index is 0.334. The molecule has 1 aliphatic heterocycles. The molecule has 0 aromatic heterocycles. The van der Waals surface area contributed by atoms with Crippen molar-refractivity contribution in [1.82, 2.24) is 21.0 Å². The Hall–Kier alpha value is -1.16. The Morgan fingerprint density at radius 1 is 1.43 bits per heavy atom. The van der Waals surface area contributed by atoms with Crippen LogP contribution in [0.2, 0.25) is 0 Å². The van der Waals surface area contributed by atoms with Crippen LogP contribution in [0.15, 0.2) is 35.7 Å². The fourth-order valence-electron chi connectivity index (χ4n) is 3.07. The Bertz CT molecular complexity index is 509. The van der Waals surface area contributed by atoms with E-state index in [1.54, 1.807) is 0 Å². The summed E-state index contributed by atoms with van der Waals surface area (Å²) < 4.78 is 0. The molecule has 5 nitrogen and oxygen atoms in total. The third-order valence-electron chi connectivity index (χ3n) is 4.13. The maximum Gasteiger partial charge on any atom is 0.0854 e. The van der Waals surface area contributed by atoms with Crippen LogP contribution in [0.3, 0.4) is 0 Å². The summed E-state index contributed by atoms with van der Waals surface area (Å²) in [6, 6.07) is 1.16. The third-order valence-corrected chi connectivity index (χ3v) is 4.37. The van der Waals surface area contributed by atoms with E-state index in [-0.39, 0.29) is 0 Å².